The van der Waals surface area contributed by atoms with Crippen molar-refractivity contribution in [1.82, 2.24) is 5.32 Å². The van der Waals surface area contributed by atoms with Gasteiger partial charge < -0.3 is 10.1 Å². The maximum absolute atomic E-state index is 10.3. The van der Waals surface area contributed by atoms with Gasteiger partial charge in [0.05, 0.1) is 0 Å². The molecule has 0 bridgehead atoms. The SMILES string of the molecule is CC.CC1CCNC(=O)O1. The average molecular weight is 145 g/mol. The summed E-state index contributed by atoms with van der Waals surface area (Å²) in [4.78, 5) is 10.3. The first-order chi connectivity index (χ1) is 4.79. The molecule has 0 radical (unpaired) electrons. The summed E-state index contributed by atoms with van der Waals surface area (Å²) in [6, 6.07) is 0. The van der Waals surface area contributed by atoms with Gasteiger partial charge in [0.2, 0.25) is 0 Å². The summed E-state index contributed by atoms with van der Waals surface area (Å²) in [6.45, 7) is 6.64. The lowest BCUT2D eigenvalue weighted by Crippen LogP contribution is -2.36. The smallest absolute Gasteiger partial charge is 0.407 e. The Morgan fingerprint density at radius 3 is 2.50 bits per heavy atom. The van der Waals surface area contributed by atoms with E-state index in [4.69, 9.17) is 4.74 Å². The zero-order valence-corrected chi connectivity index (χ0v) is 6.81. The standard InChI is InChI=1S/C5H9NO2.C2H6/c1-4-2-3-6-5(7)8-4;1-2/h4H,2-3H2,1H3,(H,6,7);1-2H3. The van der Waals surface area contributed by atoms with Crippen LogP contribution in [-0.2, 0) is 4.74 Å². The molecule has 0 aromatic heterocycles. The highest BCUT2D eigenvalue weighted by atomic mass is 16.6. The molecule has 1 aliphatic rings. The molecule has 60 valence electrons. The van der Waals surface area contributed by atoms with E-state index in [1.54, 1.807) is 0 Å². The van der Waals surface area contributed by atoms with Gasteiger partial charge in [-0.25, -0.2) is 4.79 Å². The molecule has 10 heavy (non-hydrogen) atoms. The second-order valence-corrected chi connectivity index (χ2v) is 1.93. The van der Waals surface area contributed by atoms with Gasteiger partial charge in [0, 0.05) is 13.0 Å². The Bertz CT molecular complexity index is 104. The molecule has 0 aromatic carbocycles. The summed E-state index contributed by atoms with van der Waals surface area (Å²) in [5, 5.41) is 2.55. The van der Waals surface area contributed by atoms with Crippen molar-refractivity contribution in [2.24, 2.45) is 0 Å². The number of hydrogen-bond acceptors (Lipinski definition) is 2. The molecule has 1 N–H and O–H groups in total. The van der Waals surface area contributed by atoms with Crippen molar-refractivity contribution in [3.8, 4) is 0 Å². The first-order valence-corrected chi connectivity index (χ1v) is 3.73. The third-order valence-electron chi connectivity index (χ3n) is 1.13. The topological polar surface area (TPSA) is 38.3 Å². The van der Waals surface area contributed by atoms with Crippen LogP contribution in [0.15, 0.2) is 0 Å². The van der Waals surface area contributed by atoms with Crippen LogP contribution in [-0.4, -0.2) is 18.7 Å². The lowest BCUT2D eigenvalue weighted by atomic mass is 10.3. The van der Waals surface area contributed by atoms with Crippen molar-refractivity contribution >= 4 is 6.09 Å². The van der Waals surface area contributed by atoms with E-state index in [1.165, 1.54) is 0 Å². The van der Waals surface area contributed by atoms with Crippen molar-refractivity contribution in [2.75, 3.05) is 6.54 Å². The molecule has 1 fully saturated rings. The average Bonchev–Trinajstić information content (AvgIpc) is 1.91. The second-order valence-electron chi connectivity index (χ2n) is 1.93. The Morgan fingerprint density at radius 2 is 2.20 bits per heavy atom. The van der Waals surface area contributed by atoms with Gasteiger partial charge in [0.1, 0.15) is 6.10 Å². The fourth-order valence-corrected chi connectivity index (χ4v) is 0.661. The maximum atomic E-state index is 10.3. The number of hydrogen-bond donors (Lipinski definition) is 1. The van der Waals surface area contributed by atoms with Gasteiger partial charge >= 0.3 is 6.09 Å². The molecule has 1 amide bonds. The van der Waals surface area contributed by atoms with Crippen molar-refractivity contribution in [3.63, 3.8) is 0 Å². The molecule has 1 atom stereocenters. The molecule has 1 rings (SSSR count). The quantitative estimate of drug-likeness (QED) is 0.561. The minimum atomic E-state index is -0.288. The largest absolute Gasteiger partial charge is 0.446 e. The van der Waals surface area contributed by atoms with Gasteiger partial charge in [0.25, 0.3) is 0 Å². The molecular formula is C7H15NO2. The molecule has 0 aliphatic carbocycles. The molecule has 1 unspecified atom stereocenters. The van der Waals surface area contributed by atoms with Gasteiger partial charge in [-0.3, -0.25) is 0 Å². The summed E-state index contributed by atoms with van der Waals surface area (Å²) < 4.78 is 4.74. The van der Waals surface area contributed by atoms with Crippen LogP contribution in [0.5, 0.6) is 0 Å². The van der Waals surface area contributed by atoms with Crippen LogP contribution in [0, 0.1) is 0 Å². The van der Waals surface area contributed by atoms with Gasteiger partial charge in [0.15, 0.2) is 0 Å². The van der Waals surface area contributed by atoms with Gasteiger partial charge in [-0.05, 0) is 6.92 Å². The van der Waals surface area contributed by atoms with Crippen LogP contribution in [0.4, 0.5) is 4.79 Å². The Kier molecular flexibility index (Phi) is 4.72. The zero-order valence-electron chi connectivity index (χ0n) is 6.81. The van der Waals surface area contributed by atoms with Crippen molar-refractivity contribution in [1.29, 1.82) is 0 Å². The summed E-state index contributed by atoms with van der Waals surface area (Å²) in [6.07, 6.45) is 0.735. The van der Waals surface area contributed by atoms with E-state index in [0.717, 1.165) is 13.0 Å². The highest BCUT2D eigenvalue weighted by Crippen LogP contribution is 2.00. The van der Waals surface area contributed by atoms with E-state index < -0.39 is 0 Å². The minimum absolute atomic E-state index is 0.101. The third-order valence-corrected chi connectivity index (χ3v) is 1.13. The van der Waals surface area contributed by atoms with Crippen molar-refractivity contribution in [2.45, 2.75) is 33.3 Å². The number of ether oxygens (including phenoxy) is 1. The first kappa shape index (κ1) is 9.27. The van der Waals surface area contributed by atoms with E-state index in [9.17, 15) is 4.79 Å². The third kappa shape index (κ3) is 3.33. The molecular weight excluding hydrogens is 130 g/mol. The molecule has 3 heteroatoms. The van der Waals surface area contributed by atoms with Gasteiger partial charge in [-0.1, -0.05) is 13.8 Å². The maximum Gasteiger partial charge on any atom is 0.407 e. The van der Waals surface area contributed by atoms with E-state index >= 15 is 0 Å². The molecule has 1 aliphatic heterocycles. The molecule has 0 saturated carbocycles. The predicted octanol–water partition coefficient (Wildman–Crippen LogP) is 1.53. The summed E-state index contributed by atoms with van der Waals surface area (Å²) in [5.41, 5.74) is 0. The lowest BCUT2D eigenvalue weighted by molar-refractivity contribution is 0.0840. The van der Waals surface area contributed by atoms with Crippen LogP contribution in [0.25, 0.3) is 0 Å². The number of carbonyl (C=O) groups is 1. The van der Waals surface area contributed by atoms with Crippen molar-refractivity contribution < 1.29 is 9.53 Å². The van der Waals surface area contributed by atoms with Gasteiger partial charge in [-0.2, -0.15) is 0 Å². The molecule has 0 aromatic rings. The number of alkyl carbamates (subject to hydrolysis) is 1. The molecule has 0 spiro atoms. The number of cyclic esters (lactones) is 1. The minimum Gasteiger partial charge on any atom is -0.446 e. The Balaban J connectivity index is 0.000000371. The zero-order chi connectivity index (χ0) is 7.98. The summed E-state index contributed by atoms with van der Waals surface area (Å²) in [7, 11) is 0. The molecule has 1 saturated heterocycles. The number of nitrogens with one attached hydrogen (secondary N) is 1. The fraction of sp³-hybridized carbons (Fsp3) is 0.857. The van der Waals surface area contributed by atoms with Crippen LogP contribution >= 0.6 is 0 Å². The van der Waals surface area contributed by atoms with E-state index in [1.807, 2.05) is 20.8 Å². The van der Waals surface area contributed by atoms with Gasteiger partial charge in [-0.15, -0.1) is 0 Å². The Hall–Kier alpha value is -0.730. The van der Waals surface area contributed by atoms with E-state index in [0.29, 0.717) is 0 Å². The molecule has 1 heterocycles. The molecule has 3 nitrogen and oxygen atoms in total. The predicted molar refractivity (Wildman–Crippen MR) is 39.9 cm³/mol. The lowest BCUT2D eigenvalue weighted by Gasteiger charge is -2.18. The van der Waals surface area contributed by atoms with Crippen LogP contribution in [0.1, 0.15) is 27.2 Å². The highest BCUT2D eigenvalue weighted by Gasteiger charge is 2.13. The van der Waals surface area contributed by atoms with Crippen LogP contribution in [0.3, 0.4) is 0 Å². The van der Waals surface area contributed by atoms with E-state index in [2.05, 4.69) is 5.32 Å². The summed E-state index contributed by atoms with van der Waals surface area (Å²) >= 11 is 0. The van der Waals surface area contributed by atoms with E-state index in [-0.39, 0.29) is 12.2 Å². The second kappa shape index (κ2) is 5.09. The number of amides is 1. The fourth-order valence-electron chi connectivity index (χ4n) is 0.661. The highest BCUT2D eigenvalue weighted by molar-refractivity contribution is 5.67. The first-order valence-electron chi connectivity index (χ1n) is 3.73. The van der Waals surface area contributed by atoms with Crippen molar-refractivity contribution in [3.05, 3.63) is 0 Å². The Labute approximate surface area is 61.8 Å². The van der Waals surface area contributed by atoms with Crippen LogP contribution < -0.4 is 5.32 Å². The summed E-state index contributed by atoms with van der Waals surface area (Å²) in [5.74, 6) is 0. The van der Waals surface area contributed by atoms with Crippen LogP contribution in [0.2, 0.25) is 0 Å². The number of carbonyl (C=O) groups excluding carboxylic acids is 1. The number of rotatable bonds is 0. The normalized spacial score (nSPS) is 23.5. The Morgan fingerprint density at radius 1 is 1.60 bits per heavy atom. The monoisotopic (exact) mass is 145 g/mol.